The summed E-state index contributed by atoms with van der Waals surface area (Å²) < 4.78 is 17.9. The maximum Gasteiger partial charge on any atom is 0.329 e. The minimum atomic E-state index is -2.32. The van der Waals surface area contributed by atoms with Gasteiger partial charge in [-0.3, -0.25) is 19.2 Å². The number of carbonyl (C=O) groups excluding carboxylic acids is 4. The van der Waals surface area contributed by atoms with Crippen LogP contribution in [0.2, 0.25) is 0 Å². The number of ether oxygens (including phenoxy) is 4. The van der Waals surface area contributed by atoms with E-state index in [0.29, 0.717) is 0 Å². The Kier molecular flexibility index (Phi) is 4.28. The van der Waals surface area contributed by atoms with Gasteiger partial charge in [0.25, 0.3) is 0 Å². The van der Waals surface area contributed by atoms with Gasteiger partial charge in [-0.1, -0.05) is 0 Å². The molecular formula is C11H13ClO8. The van der Waals surface area contributed by atoms with E-state index in [-0.39, 0.29) is 0 Å². The fraction of sp³-hybridized carbons (Fsp3) is 0.636. The molecule has 2 atom stereocenters. The van der Waals surface area contributed by atoms with Gasteiger partial charge in [-0.2, -0.15) is 0 Å². The van der Waals surface area contributed by atoms with Crippen molar-refractivity contribution >= 4 is 35.5 Å². The molecule has 9 heteroatoms. The molecule has 0 bridgehead atoms. The summed E-state index contributed by atoms with van der Waals surface area (Å²) in [5.74, 6) is -6.11. The van der Waals surface area contributed by atoms with Crippen molar-refractivity contribution in [3.8, 4) is 0 Å². The van der Waals surface area contributed by atoms with E-state index < -0.39 is 40.1 Å². The first-order valence-electron chi connectivity index (χ1n) is 5.32. The fourth-order valence-electron chi connectivity index (χ4n) is 2.26. The molecule has 1 rings (SSSR count). The van der Waals surface area contributed by atoms with Crippen molar-refractivity contribution in [3.05, 3.63) is 0 Å². The van der Waals surface area contributed by atoms with Crippen molar-refractivity contribution < 1.29 is 38.1 Å². The Balaban J connectivity index is 3.47. The van der Waals surface area contributed by atoms with Gasteiger partial charge in [0.05, 0.1) is 28.4 Å². The molecule has 1 aliphatic rings. The minimum absolute atomic E-state index is 0.980. The van der Waals surface area contributed by atoms with E-state index in [2.05, 4.69) is 18.9 Å². The Morgan fingerprint density at radius 1 is 0.800 bits per heavy atom. The van der Waals surface area contributed by atoms with E-state index in [4.69, 9.17) is 11.6 Å². The first-order chi connectivity index (χ1) is 9.30. The summed E-state index contributed by atoms with van der Waals surface area (Å²) >= 11 is 6.03. The summed E-state index contributed by atoms with van der Waals surface area (Å²) in [7, 11) is 3.98. The summed E-state index contributed by atoms with van der Waals surface area (Å²) in [5.41, 5.74) is -2.32. The summed E-state index contributed by atoms with van der Waals surface area (Å²) in [6.45, 7) is 0. The van der Waals surface area contributed by atoms with Crippen LogP contribution >= 0.6 is 11.6 Å². The molecule has 0 radical (unpaired) electrons. The van der Waals surface area contributed by atoms with E-state index in [9.17, 15) is 19.2 Å². The topological polar surface area (TPSA) is 105 Å². The minimum Gasteiger partial charge on any atom is -0.469 e. The average molecular weight is 309 g/mol. The van der Waals surface area contributed by atoms with Crippen LogP contribution in [0.4, 0.5) is 0 Å². The molecule has 0 amide bonds. The third kappa shape index (κ3) is 1.67. The first-order valence-corrected chi connectivity index (χ1v) is 5.70. The van der Waals surface area contributed by atoms with Crippen LogP contribution in [0.1, 0.15) is 0 Å². The fourth-order valence-corrected chi connectivity index (χ4v) is 2.80. The highest BCUT2D eigenvalue weighted by Crippen LogP contribution is 2.68. The van der Waals surface area contributed by atoms with Gasteiger partial charge in [-0.05, 0) is 0 Å². The summed E-state index contributed by atoms with van der Waals surface area (Å²) in [5, 5.41) is 0. The lowest BCUT2D eigenvalue weighted by atomic mass is 10.0. The van der Waals surface area contributed by atoms with Crippen LogP contribution in [0, 0.1) is 11.3 Å². The molecule has 0 aromatic heterocycles. The molecule has 0 aromatic carbocycles. The molecule has 0 aromatic rings. The van der Waals surface area contributed by atoms with Crippen molar-refractivity contribution in [2.45, 2.75) is 4.87 Å². The monoisotopic (exact) mass is 308 g/mol. The maximum atomic E-state index is 11.9. The van der Waals surface area contributed by atoms with Crippen LogP contribution in [0.5, 0.6) is 0 Å². The van der Waals surface area contributed by atoms with Gasteiger partial charge in [0.2, 0.25) is 5.41 Å². The van der Waals surface area contributed by atoms with Crippen LogP contribution in [-0.2, 0) is 38.1 Å². The summed E-state index contributed by atoms with van der Waals surface area (Å²) in [4.78, 5) is 45.2. The Labute approximate surface area is 119 Å². The molecule has 1 fully saturated rings. The SMILES string of the molecule is COC(=O)[C@@H]1C(C(=O)OC)(C(=O)OC)[C@@]1(Cl)C(=O)OC. The quantitative estimate of drug-likeness (QED) is 0.290. The molecule has 112 valence electrons. The third-order valence-electron chi connectivity index (χ3n) is 3.26. The zero-order valence-electron chi connectivity index (χ0n) is 11.2. The zero-order valence-corrected chi connectivity index (χ0v) is 12.0. The Bertz CT molecular complexity index is 457. The highest BCUT2D eigenvalue weighted by molar-refractivity contribution is 6.46. The van der Waals surface area contributed by atoms with Crippen molar-refractivity contribution in [2.75, 3.05) is 28.4 Å². The summed E-state index contributed by atoms with van der Waals surface area (Å²) in [6.07, 6.45) is 0. The highest BCUT2D eigenvalue weighted by Gasteiger charge is 2.93. The maximum absolute atomic E-state index is 11.9. The van der Waals surface area contributed by atoms with Crippen molar-refractivity contribution in [3.63, 3.8) is 0 Å². The lowest BCUT2D eigenvalue weighted by molar-refractivity contribution is -0.166. The van der Waals surface area contributed by atoms with Gasteiger partial charge < -0.3 is 18.9 Å². The molecular weight excluding hydrogens is 296 g/mol. The number of esters is 4. The second-order valence-electron chi connectivity index (χ2n) is 3.95. The van der Waals surface area contributed by atoms with Gasteiger partial charge in [-0.15, -0.1) is 11.6 Å². The van der Waals surface area contributed by atoms with Gasteiger partial charge in [0.15, 0.2) is 4.87 Å². The summed E-state index contributed by atoms with van der Waals surface area (Å²) in [6, 6.07) is 0. The van der Waals surface area contributed by atoms with E-state index in [1.165, 1.54) is 0 Å². The standard InChI is InChI=1S/C11H13ClO8/c1-17-6(13)5-10(7(14)18-2,8(15)19-3)11(5,12)9(16)20-4/h5H,1-4H3/t5-,11+/m1/s1. The molecule has 8 nitrogen and oxygen atoms in total. The van der Waals surface area contributed by atoms with E-state index in [0.717, 1.165) is 28.4 Å². The van der Waals surface area contributed by atoms with Gasteiger partial charge >= 0.3 is 23.9 Å². The second kappa shape index (κ2) is 5.28. The molecule has 0 heterocycles. The smallest absolute Gasteiger partial charge is 0.329 e. The molecule has 20 heavy (non-hydrogen) atoms. The Hall–Kier alpha value is -1.83. The number of methoxy groups -OCH3 is 4. The largest absolute Gasteiger partial charge is 0.469 e. The normalized spacial score (nSPS) is 26.1. The van der Waals surface area contributed by atoms with E-state index >= 15 is 0 Å². The molecule has 1 saturated carbocycles. The lowest BCUT2D eigenvalue weighted by Gasteiger charge is -2.14. The number of rotatable bonds is 4. The number of hydrogen-bond donors (Lipinski definition) is 0. The number of hydrogen-bond acceptors (Lipinski definition) is 8. The lowest BCUT2D eigenvalue weighted by Crippen LogP contribution is -2.39. The Morgan fingerprint density at radius 3 is 1.50 bits per heavy atom. The van der Waals surface area contributed by atoms with E-state index in [1.807, 2.05) is 0 Å². The predicted molar refractivity (Wildman–Crippen MR) is 62.6 cm³/mol. The van der Waals surface area contributed by atoms with Crippen molar-refractivity contribution in [2.24, 2.45) is 11.3 Å². The number of alkyl halides is 1. The van der Waals surface area contributed by atoms with Crippen molar-refractivity contribution in [1.82, 2.24) is 0 Å². The number of carbonyl (C=O) groups is 4. The predicted octanol–water partition coefficient (Wildman–Crippen LogP) is -0.728. The van der Waals surface area contributed by atoms with Crippen LogP contribution in [0.3, 0.4) is 0 Å². The van der Waals surface area contributed by atoms with Crippen LogP contribution in [-0.4, -0.2) is 57.2 Å². The molecule has 0 unspecified atom stereocenters. The van der Waals surface area contributed by atoms with Crippen LogP contribution < -0.4 is 0 Å². The molecule has 0 N–H and O–H groups in total. The Morgan fingerprint density at radius 2 is 1.20 bits per heavy atom. The molecule has 0 spiro atoms. The molecule has 0 saturated heterocycles. The second-order valence-corrected chi connectivity index (χ2v) is 4.55. The molecule has 1 aliphatic carbocycles. The van der Waals surface area contributed by atoms with Gasteiger partial charge in [-0.25, -0.2) is 0 Å². The zero-order chi connectivity index (χ0) is 15.7. The first kappa shape index (κ1) is 16.2. The average Bonchev–Trinajstić information content (AvgIpc) is 3.06. The molecule has 0 aliphatic heterocycles. The van der Waals surface area contributed by atoms with E-state index in [1.54, 1.807) is 0 Å². The number of halogens is 1. The van der Waals surface area contributed by atoms with Gasteiger partial charge in [0.1, 0.15) is 5.92 Å². The van der Waals surface area contributed by atoms with Gasteiger partial charge in [0, 0.05) is 0 Å². The highest BCUT2D eigenvalue weighted by atomic mass is 35.5. The van der Waals surface area contributed by atoms with Crippen LogP contribution in [0.15, 0.2) is 0 Å². The van der Waals surface area contributed by atoms with Crippen LogP contribution in [0.25, 0.3) is 0 Å². The van der Waals surface area contributed by atoms with Crippen molar-refractivity contribution in [1.29, 1.82) is 0 Å². The third-order valence-corrected chi connectivity index (χ3v) is 3.93.